The Bertz CT molecular complexity index is 316. The van der Waals surface area contributed by atoms with Gasteiger partial charge in [-0.2, -0.15) is 0 Å². The Hall–Kier alpha value is -0.490. The SMILES string of the molecule is COCCc1nc(C2COCC2N)cs1. The predicted octanol–water partition coefficient (Wildman–Crippen LogP) is 0.773. The van der Waals surface area contributed by atoms with Gasteiger partial charge in [-0.25, -0.2) is 4.98 Å². The van der Waals surface area contributed by atoms with Gasteiger partial charge in [0, 0.05) is 30.9 Å². The lowest BCUT2D eigenvalue weighted by Gasteiger charge is -2.09. The lowest BCUT2D eigenvalue weighted by atomic mass is 10.0. The summed E-state index contributed by atoms with van der Waals surface area (Å²) in [4.78, 5) is 4.56. The average molecular weight is 228 g/mol. The molecule has 1 saturated heterocycles. The molecular formula is C10H16N2O2S. The third-order valence-electron chi connectivity index (χ3n) is 2.59. The van der Waals surface area contributed by atoms with Crippen LogP contribution in [0, 0.1) is 0 Å². The summed E-state index contributed by atoms with van der Waals surface area (Å²) in [5, 5.41) is 3.20. The summed E-state index contributed by atoms with van der Waals surface area (Å²) in [5.74, 6) is 0.276. The molecule has 2 atom stereocenters. The standard InChI is InChI=1S/C10H16N2O2S/c1-13-3-2-10-12-9(6-15-10)7-4-14-5-8(7)11/h6-8H,2-5,11H2,1H3. The quantitative estimate of drug-likeness (QED) is 0.827. The molecule has 84 valence electrons. The van der Waals surface area contributed by atoms with Gasteiger partial charge in [0.1, 0.15) is 0 Å². The minimum absolute atomic E-state index is 0.0994. The molecule has 1 aliphatic heterocycles. The van der Waals surface area contributed by atoms with Crippen molar-refractivity contribution in [1.82, 2.24) is 4.98 Å². The van der Waals surface area contributed by atoms with E-state index in [1.165, 1.54) is 0 Å². The molecule has 1 fully saturated rings. The van der Waals surface area contributed by atoms with Crippen LogP contribution in [0.2, 0.25) is 0 Å². The van der Waals surface area contributed by atoms with Crippen molar-refractivity contribution in [3.05, 3.63) is 16.1 Å². The summed E-state index contributed by atoms with van der Waals surface area (Å²) in [5.41, 5.74) is 7.02. The number of nitrogens with two attached hydrogens (primary N) is 1. The van der Waals surface area contributed by atoms with Gasteiger partial charge in [0.2, 0.25) is 0 Å². The number of ether oxygens (including phenoxy) is 2. The van der Waals surface area contributed by atoms with Crippen LogP contribution in [0.25, 0.3) is 0 Å². The second-order valence-corrected chi connectivity index (χ2v) is 4.66. The van der Waals surface area contributed by atoms with Gasteiger partial charge in [-0.15, -0.1) is 11.3 Å². The minimum atomic E-state index is 0.0994. The first-order valence-electron chi connectivity index (χ1n) is 5.08. The van der Waals surface area contributed by atoms with Gasteiger partial charge in [-0.05, 0) is 0 Å². The highest BCUT2D eigenvalue weighted by Gasteiger charge is 2.28. The van der Waals surface area contributed by atoms with Crippen molar-refractivity contribution < 1.29 is 9.47 Å². The Labute approximate surface area is 93.4 Å². The summed E-state index contributed by atoms with van der Waals surface area (Å²) in [7, 11) is 1.70. The van der Waals surface area contributed by atoms with Crippen LogP contribution in [-0.2, 0) is 15.9 Å². The molecule has 0 spiro atoms. The Balaban J connectivity index is 1.99. The second-order valence-electron chi connectivity index (χ2n) is 3.72. The Morgan fingerprint density at radius 2 is 2.53 bits per heavy atom. The first-order chi connectivity index (χ1) is 7.31. The zero-order chi connectivity index (χ0) is 10.7. The lowest BCUT2D eigenvalue weighted by Crippen LogP contribution is -2.27. The van der Waals surface area contributed by atoms with Crippen molar-refractivity contribution in [2.75, 3.05) is 26.9 Å². The van der Waals surface area contributed by atoms with Crippen LogP contribution < -0.4 is 5.73 Å². The van der Waals surface area contributed by atoms with E-state index in [2.05, 4.69) is 10.4 Å². The van der Waals surface area contributed by atoms with Crippen LogP contribution >= 0.6 is 11.3 Å². The highest BCUT2D eigenvalue weighted by atomic mass is 32.1. The maximum absolute atomic E-state index is 5.94. The first kappa shape index (κ1) is 11.0. The average Bonchev–Trinajstić information content (AvgIpc) is 2.83. The number of rotatable bonds is 4. The summed E-state index contributed by atoms with van der Waals surface area (Å²) in [6.07, 6.45) is 0.879. The monoisotopic (exact) mass is 228 g/mol. The van der Waals surface area contributed by atoms with Crippen molar-refractivity contribution in [2.45, 2.75) is 18.4 Å². The van der Waals surface area contributed by atoms with Crippen LogP contribution in [-0.4, -0.2) is 38.0 Å². The van der Waals surface area contributed by atoms with Gasteiger partial charge in [0.25, 0.3) is 0 Å². The fourth-order valence-corrected chi connectivity index (χ4v) is 2.52. The van der Waals surface area contributed by atoms with Crippen molar-refractivity contribution in [2.24, 2.45) is 5.73 Å². The third kappa shape index (κ3) is 2.55. The zero-order valence-corrected chi connectivity index (χ0v) is 9.63. The molecule has 2 rings (SSSR count). The Kier molecular flexibility index (Phi) is 3.69. The second kappa shape index (κ2) is 5.03. The molecule has 2 heterocycles. The van der Waals surface area contributed by atoms with Crippen LogP contribution in [0.5, 0.6) is 0 Å². The van der Waals surface area contributed by atoms with E-state index in [4.69, 9.17) is 15.2 Å². The molecule has 0 aliphatic carbocycles. The zero-order valence-electron chi connectivity index (χ0n) is 8.81. The van der Waals surface area contributed by atoms with E-state index < -0.39 is 0 Å². The molecule has 0 aromatic carbocycles. The normalized spacial score (nSPS) is 26.0. The number of nitrogens with zero attached hydrogens (tertiary/aromatic N) is 1. The van der Waals surface area contributed by atoms with Crippen molar-refractivity contribution in [3.63, 3.8) is 0 Å². The van der Waals surface area contributed by atoms with E-state index in [-0.39, 0.29) is 12.0 Å². The summed E-state index contributed by atoms with van der Waals surface area (Å²) in [6.45, 7) is 2.07. The van der Waals surface area contributed by atoms with Gasteiger partial charge in [0.05, 0.1) is 30.5 Å². The van der Waals surface area contributed by atoms with Gasteiger partial charge in [-0.3, -0.25) is 0 Å². The predicted molar refractivity (Wildman–Crippen MR) is 59.2 cm³/mol. The Morgan fingerprint density at radius 3 is 3.20 bits per heavy atom. The summed E-state index contributed by atoms with van der Waals surface area (Å²) < 4.78 is 10.3. The number of aromatic nitrogens is 1. The molecule has 5 heteroatoms. The van der Waals surface area contributed by atoms with Gasteiger partial charge in [-0.1, -0.05) is 0 Å². The fraction of sp³-hybridized carbons (Fsp3) is 0.700. The van der Waals surface area contributed by atoms with Crippen molar-refractivity contribution >= 4 is 11.3 Å². The van der Waals surface area contributed by atoms with Crippen molar-refractivity contribution in [3.8, 4) is 0 Å². The van der Waals surface area contributed by atoms with Crippen LogP contribution in [0.15, 0.2) is 5.38 Å². The van der Waals surface area contributed by atoms with Crippen molar-refractivity contribution in [1.29, 1.82) is 0 Å². The Morgan fingerprint density at radius 1 is 1.67 bits per heavy atom. The molecule has 2 N–H and O–H groups in total. The molecule has 0 saturated carbocycles. The fourth-order valence-electron chi connectivity index (χ4n) is 1.68. The van der Waals surface area contributed by atoms with Gasteiger partial charge in [0.15, 0.2) is 0 Å². The smallest absolute Gasteiger partial charge is 0.0951 e. The molecule has 1 aromatic heterocycles. The maximum atomic E-state index is 5.94. The lowest BCUT2D eigenvalue weighted by molar-refractivity contribution is 0.190. The molecule has 1 aromatic rings. The van der Waals surface area contributed by atoms with Crippen LogP contribution in [0.4, 0.5) is 0 Å². The largest absolute Gasteiger partial charge is 0.384 e. The van der Waals surface area contributed by atoms with Gasteiger partial charge >= 0.3 is 0 Å². The molecule has 15 heavy (non-hydrogen) atoms. The molecule has 0 bridgehead atoms. The van der Waals surface area contributed by atoms with E-state index >= 15 is 0 Å². The number of hydrogen-bond acceptors (Lipinski definition) is 5. The highest BCUT2D eigenvalue weighted by molar-refractivity contribution is 7.09. The van der Waals surface area contributed by atoms with E-state index in [1.807, 2.05) is 0 Å². The minimum Gasteiger partial charge on any atom is -0.384 e. The van der Waals surface area contributed by atoms with E-state index in [9.17, 15) is 0 Å². The topological polar surface area (TPSA) is 57.4 Å². The first-order valence-corrected chi connectivity index (χ1v) is 5.96. The van der Waals surface area contributed by atoms with Crippen LogP contribution in [0.3, 0.4) is 0 Å². The van der Waals surface area contributed by atoms with E-state index in [0.29, 0.717) is 13.2 Å². The van der Waals surface area contributed by atoms with E-state index in [1.54, 1.807) is 18.4 Å². The molecule has 1 aliphatic rings. The summed E-state index contributed by atoms with van der Waals surface area (Å²) in [6, 6.07) is 0.0994. The number of thiazole rings is 1. The molecule has 2 unspecified atom stereocenters. The third-order valence-corrected chi connectivity index (χ3v) is 3.52. The molecular weight excluding hydrogens is 212 g/mol. The maximum Gasteiger partial charge on any atom is 0.0951 e. The van der Waals surface area contributed by atoms with Crippen LogP contribution in [0.1, 0.15) is 16.6 Å². The number of hydrogen-bond donors (Lipinski definition) is 1. The molecule has 4 nitrogen and oxygen atoms in total. The highest BCUT2D eigenvalue weighted by Crippen LogP contribution is 2.25. The van der Waals surface area contributed by atoms with E-state index in [0.717, 1.165) is 23.7 Å². The summed E-state index contributed by atoms with van der Waals surface area (Å²) >= 11 is 1.68. The number of methoxy groups -OCH3 is 1. The molecule has 0 radical (unpaired) electrons. The van der Waals surface area contributed by atoms with Gasteiger partial charge < -0.3 is 15.2 Å². The molecule has 0 amide bonds.